The fourth-order valence-corrected chi connectivity index (χ4v) is 2.15. The molecule has 0 saturated heterocycles. The maximum atomic E-state index is 6.24. The molecule has 1 aromatic rings. The quantitative estimate of drug-likeness (QED) is 0.791. The lowest BCUT2D eigenvalue weighted by molar-refractivity contribution is 0.427. The van der Waals surface area contributed by atoms with Crippen molar-refractivity contribution in [2.24, 2.45) is 11.7 Å². The first kappa shape index (κ1) is 11.6. The molecule has 0 radical (unpaired) electrons. The topological polar surface area (TPSA) is 63.8 Å². The lowest BCUT2D eigenvalue weighted by Gasteiger charge is -2.28. The van der Waals surface area contributed by atoms with Crippen molar-refractivity contribution in [3.8, 4) is 0 Å². The summed E-state index contributed by atoms with van der Waals surface area (Å²) in [6, 6.07) is 2.05. The van der Waals surface area contributed by atoms with E-state index in [-0.39, 0.29) is 16.9 Å². The van der Waals surface area contributed by atoms with Crippen LogP contribution in [0, 0.1) is 5.92 Å². The molecule has 1 fully saturated rings. The van der Waals surface area contributed by atoms with Gasteiger partial charge >= 0.3 is 0 Å². The van der Waals surface area contributed by atoms with Crippen LogP contribution in [-0.2, 0) is 0 Å². The molecular weight excluding hydrogens is 224 g/mol. The highest BCUT2D eigenvalue weighted by molar-refractivity contribution is 6.28. The minimum atomic E-state index is -0.0778. The zero-order valence-corrected chi connectivity index (χ0v) is 10.3. The van der Waals surface area contributed by atoms with E-state index in [0.29, 0.717) is 5.92 Å². The Bertz CT molecular complexity index is 376. The number of rotatable bonds is 4. The molecule has 1 aromatic heterocycles. The molecule has 5 heteroatoms. The fraction of sp³-hybridized carbons (Fsp3) is 0.636. The van der Waals surface area contributed by atoms with Gasteiger partial charge in [0, 0.05) is 17.8 Å². The van der Waals surface area contributed by atoms with Gasteiger partial charge in [-0.15, -0.1) is 0 Å². The van der Waals surface area contributed by atoms with Crippen LogP contribution in [-0.4, -0.2) is 21.5 Å². The first-order valence-corrected chi connectivity index (χ1v) is 5.93. The largest absolute Gasteiger partial charge is 0.365 e. The lowest BCUT2D eigenvalue weighted by Crippen LogP contribution is -2.46. The molecule has 1 aliphatic rings. The average Bonchev–Trinajstić information content (AvgIpc) is 2.93. The molecule has 0 amide bonds. The monoisotopic (exact) mass is 240 g/mol. The predicted molar refractivity (Wildman–Crippen MR) is 65.4 cm³/mol. The molecule has 1 atom stereocenters. The Morgan fingerprint density at radius 1 is 1.50 bits per heavy atom. The van der Waals surface area contributed by atoms with E-state index in [9.17, 15) is 0 Å². The number of hydrogen-bond acceptors (Lipinski definition) is 4. The third-order valence-electron chi connectivity index (χ3n) is 3.04. The molecule has 0 bridgehead atoms. The number of nitrogens with zero attached hydrogens (tertiary/aromatic N) is 2. The van der Waals surface area contributed by atoms with E-state index in [1.165, 1.54) is 0 Å². The maximum absolute atomic E-state index is 6.24. The normalized spacial score (nSPS) is 19.6. The standard InChI is InChI=1S/C11H17ClN4/c1-7(2)9(11(13)4-5-11)15-8-3-6-14-10(12)16-8/h3,6-7,9H,4-5,13H2,1-2H3,(H,14,15,16). The molecule has 1 heterocycles. The van der Waals surface area contributed by atoms with Crippen LogP contribution in [0.3, 0.4) is 0 Å². The van der Waals surface area contributed by atoms with E-state index < -0.39 is 0 Å². The molecule has 1 saturated carbocycles. The van der Waals surface area contributed by atoms with Gasteiger partial charge in [0.05, 0.1) is 0 Å². The van der Waals surface area contributed by atoms with Gasteiger partial charge < -0.3 is 11.1 Å². The second-order valence-corrected chi connectivity index (χ2v) is 5.15. The first-order valence-electron chi connectivity index (χ1n) is 5.55. The summed E-state index contributed by atoms with van der Waals surface area (Å²) in [4.78, 5) is 7.98. The van der Waals surface area contributed by atoms with Gasteiger partial charge in [-0.05, 0) is 36.4 Å². The van der Waals surface area contributed by atoms with Gasteiger partial charge in [-0.3, -0.25) is 0 Å². The zero-order valence-electron chi connectivity index (χ0n) is 9.57. The highest BCUT2D eigenvalue weighted by Crippen LogP contribution is 2.39. The molecular formula is C11H17ClN4. The third kappa shape index (κ3) is 2.44. The summed E-state index contributed by atoms with van der Waals surface area (Å²) in [5, 5.41) is 3.62. The molecule has 3 N–H and O–H groups in total. The highest BCUT2D eigenvalue weighted by Gasteiger charge is 2.47. The smallest absolute Gasteiger partial charge is 0.224 e. The van der Waals surface area contributed by atoms with Crippen LogP contribution in [0.5, 0.6) is 0 Å². The second kappa shape index (κ2) is 4.18. The average molecular weight is 241 g/mol. The number of anilines is 1. The minimum absolute atomic E-state index is 0.0778. The summed E-state index contributed by atoms with van der Waals surface area (Å²) in [7, 11) is 0. The molecule has 0 aromatic carbocycles. The Labute approximate surface area is 101 Å². The lowest BCUT2D eigenvalue weighted by atomic mass is 9.95. The van der Waals surface area contributed by atoms with Crippen LogP contribution in [0.1, 0.15) is 26.7 Å². The Balaban J connectivity index is 2.12. The number of hydrogen-bond donors (Lipinski definition) is 2. The second-order valence-electron chi connectivity index (χ2n) is 4.81. The van der Waals surface area contributed by atoms with Crippen LogP contribution < -0.4 is 11.1 Å². The van der Waals surface area contributed by atoms with Crippen molar-refractivity contribution in [3.63, 3.8) is 0 Å². The Morgan fingerprint density at radius 3 is 2.69 bits per heavy atom. The van der Waals surface area contributed by atoms with Crippen LogP contribution in [0.25, 0.3) is 0 Å². The predicted octanol–water partition coefficient (Wildman–Crippen LogP) is 2.06. The van der Waals surface area contributed by atoms with Gasteiger partial charge in [0.15, 0.2) is 0 Å². The van der Waals surface area contributed by atoms with E-state index in [0.717, 1.165) is 18.7 Å². The van der Waals surface area contributed by atoms with Gasteiger partial charge in [-0.25, -0.2) is 9.97 Å². The van der Waals surface area contributed by atoms with Gasteiger partial charge in [0.2, 0.25) is 5.28 Å². The van der Waals surface area contributed by atoms with Crippen molar-refractivity contribution in [2.45, 2.75) is 38.3 Å². The summed E-state index contributed by atoms with van der Waals surface area (Å²) in [5.74, 6) is 1.21. The van der Waals surface area contributed by atoms with Crippen LogP contribution in [0.2, 0.25) is 5.28 Å². The van der Waals surface area contributed by atoms with Crippen molar-refractivity contribution in [1.82, 2.24) is 9.97 Å². The molecule has 1 aliphatic carbocycles. The molecule has 0 spiro atoms. The SMILES string of the molecule is CC(C)C(Nc1ccnc(Cl)n1)C1(N)CC1. The van der Waals surface area contributed by atoms with Crippen LogP contribution in [0.15, 0.2) is 12.3 Å². The molecule has 0 aliphatic heterocycles. The maximum Gasteiger partial charge on any atom is 0.224 e. The number of nitrogens with one attached hydrogen (secondary N) is 1. The van der Waals surface area contributed by atoms with Crippen molar-refractivity contribution in [1.29, 1.82) is 0 Å². The minimum Gasteiger partial charge on any atom is -0.365 e. The molecule has 1 unspecified atom stereocenters. The Morgan fingerprint density at radius 2 is 2.19 bits per heavy atom. The Hall–Kier alpha value is -0.870. The van der Waals surface area contributed by atoms with E-state index >= 15 is 0 Å². The summed E-state index contributed by atoms with van der Waals surface area (Å²) in [6.45, 7) is 4.32. The van der Waals surface area contributed by atoms with Gasteiger partial charge in [-0.2, -0.15) is 0 Å². The zero-order chi connectivity index (χ0) is 11.8. The summed E-state index contributed by atoms with van der Waals surface area (Å²) >= 11 is 5.74. The molecule has 2 rings (SSSR count). The van der Waals surface area contributed by atoms with E-state index in [2.05, 4.69) is 29.1 Å². The van der Waals surface area contributed by atoms with Gasteiger partial charge in [0.1, 0.15) is 5.82 Å². The number of halogens is 1. The number of nitrogens with two attached hydrogens (primary N) is 1. The van der Waals surface area contributed by atoms with Gasteiger partial charge in [0.25, 0.3) is 0 Å². The van der Waals surface area contributed by atoms with Crippen molar-refractivity contribution in [2.75, 3.05) is 5.32 Å². The van der Waals surface area contributed by atoms with E-state index in [4.69, 9.17) is 17.3 Å². The summed E-state index contributed by atoms with van der Waals surface area (Å²) < 4.78 is 0. The fourth-order valence-electron chi connectivity index (χ4n) is 2.00. The van der Waals surface area contributed by atoms with Crippen molar-refractivity contribution < 1.29 is 0 Å². The summed E-state index contributed by atoms with van der Waals surface area (Å²) in [5.41, 5.74) is 6.16. The molecule has 16 heavy (non-hydrogen) atoms. The first-order chi connectivity index (χ1) is 7.51. The Kier molecular flexibility index (Phi) is 3.04. The van der Waals surface area contributed by atoms with Crippen molar-refractivity contribution >= 4 is 17.4 Å². The van der Waals surface area contributed by atoms with Gasteiger partial charge in [-0.1, -0.05) is 13.8 Å². The van der Waals surface area contributed by atoms with Crippen LogP contribution in [0.4, 0.5) is 5.82 Å². The third-order valence-corrected chi connectivity index (χ3v) is 3.23. The molecule has 88 valence electrons. The van der Waals surface area contributed by atoms with E-state index in [1.807, 2.05) is 6.07 Å². The van der Waals surface area contributed by atoms with Crippen LogP contribution >= 0.6 is 11.6 Å². The highest BCUT2D eigenvalue weighted by atomic mass is 35.5. The summed E-state index contributed by atoms with van der Waals surface area (Å²) in [6.07, 6.45) is 3.79. The van der Waals surface area contributed by atoms with E-state index in [1.54, 1.807) is 6.20 Å². The number of aromatic nitrogens is 2. The molecule has 4 nitrogen and oxygen atoms in total. The van der Waals surface area contributed by atoms with Crippen molar-refractivity contribution in [3.05, 3.63) is 17.5 Å².